The third kappa shape index (κ3) is 4.04. The second kappa shape index (κ2) is 7.94. The van der Waals surface area contributed by atoms with Crippen molar-refractivity contribution in [2.24, 2.45) is 0 Å². The molecule has 0 bridgehead atoms. The van der Waals surface area contributed by atoms with Crippen molar-refractivity contribution in [3.63, 3.8) is 0 Å². The number of aromatic nitrogens is 4. The maximum absolute atomic E-state index is 5.27. The monoisotopic (exact) mass is 394 g/mol. The standard InChI is InChI=1S/C20H18N4OS2/c1-14-21-22-20(27-14)26-13-16-12-24(17-6-4-3-5-7-17)23-19(16)15-8-10-18(25-2)11-9-15/h3-12H,13H2,1-2H3. The van der Waals surface area contributed by atoms with Gasteiger partial charge in [-0.05, 0) is 43.3 Å². The van der Waals surface area contributed by atoms with Gasteiger partial charge < -0.3 is 4.74 Å². The van der Waals surface area contributed by atoms with Gasteiger partial charge in [0.15, 0.2) is 4.34 Å². The zero-order chi connectivity index (χ0) is 18.6. The van der Waals surface area contributed by atoms with Crippen LogP contribution >= 0.6 is 23.1 Å². The van der Waals surface area contributed by atoms with Crippen LogP contribution in [0.25, 0.3) is 16.9 Å². The second-order valence-corrected chi connectivity index (χ2v) is 8.29. The summed E-state index contributed by atoms with van der Waals surface area (Å²) in [6, 6.07) is 18.1. The quantitative estimate of drug-likeness (QED) is 0.431. The van der Waals surface area contributed by atoms with Crippen LogP contribution in [0.3, 0.4) is 0 Å². The van der Waals surface area contributed by atoms with Crippen molar-refractivity contribution in [2.75, 3.05) is 7.11 Å². The number of thioether (sulfide) groups is 1. The third-order valence-electron chi connectivity index (χ3n) is 4.03. The molecule has 27 heavy (non-hydrogen) atoms. The highest BCUT2D eigenvalue weighted by Gasteiger charge is 2.14. The van der Waals surface area contributed by atoms with Crippen molar-refractivity contribution in [2.45, 2.75) is 17.0 Å². The highest BCUT2D eigenvalue weighted by molar-refractivity contribution is 8.00. The van der Waals surface area contributed by atoms with Gasteiger partial charge in [0, 0.05) is 23.1 Å². The first-order valence-corrected chi connectivity index (χ1v) is 10.2. The average Bonchev–Trinajstić information content (AvgIpc) is 3.33. The molecule has 0 aliphatic heterocycles. The fraction of sp³-hybridized carbons (Fsp3) is 0.150. The first-order chi connectivity index (χ1) is 13.2. The number of nitrogens with zero attached hydrogens (tertiary/aromatic N) is 4. The summed E-state index contributed by atoms with van der Waals surface area (Å²) in [5.41, 5.74) is 4.22. The van der Waals surface area contributed by atoms with Crippen LogP contribution in [0.5, 0.6) is 5.75 Å². The molecule has 0 atom stereocenters. The van der Waals surface area contributed by atoms with Gasteiger partial charge in [-0.15, -0.1) is 10.2 Å². The molecule has 0 amide bonds. The fourth-order valence-electron chi connectivity index (χ4n) is 2.70. The van der Waals surface area contributed by atoms with Crippen LogP contribution in [0, 0.1) is 6.92 Å². The number of aryl methyl sites for hydroxylation is 1. The maximum Gasteiger partial charge on any atom is 0.174 e. The SMILES string of the molecule is COc1ccc(-c2nn(-c3ccccc3)cc2CSc2nnc(C)s2)cc1. The maximum atomic E-state index is 5.27. The Morgan fingerprint density at radius 2 is 1.81 bits per heavy atom. The first-order valence-electron chi connectivity index (χ1n) is 8.44. The van der Waals surface area contributed by atoms with Gasteiger partial charge >= 0.3 is 0 Å². The Labute approximate surface area is 166 Å². The van der Waals surface area contributed by atoms with Gasteiger partial charge in [0.05, 0.1) is 18.5 Å². The van der Waals surface area contributed by atoms with Crippen molar-refractivity contribution in [1.82, 2.24) is 20.0 Å². The van der Waals surface area contributed by atoms with Crippen molar-refractivity contribution in [3.8, 4) is 22.7 Å². The molecule has 0 unspecified atom stereocenters. The molecule has 0 radical (unpaired) electrons. The van der Waals surface area contributed by atoms with Crippen LogP contribution in [-0.4, -0.2) is 27.1 Å². The molecule has 4 rings (SSSR count). The lowest BCUT2D eigenvalue weighted by Gasteiger charge is -2.03. The molecule has 0 aliphatic carbocycles. The zero-order valence-electron chi connectivity index (χ0n) is 15.0. The predicted octanol–water partition coefficient (Wildman–Crippen LogP) is 5.00. The van der Waals surface area contributed by atoms with E-state index in [4.69, 9.17) is 9.84 Å². The molecule has 7 heteroatoms. The number of hydrogen-bond acceptors (Lipinski definition) is 6. The van der Waals surface area contributed by atoms with Crippen LogP contribution < -0.4 is 4.74 Å². The van der Waals surface area contributed by atoms with Gasteiger partial charge in [-0.2, -0.15) is 5.10 Å². The number of para-hydroxylation sites is 1. The predicted molar refractivity (Wildman–Crippen MR) is 110 cm³/mol. The van der Waals surface area contributed by atoms with Crippen molar-refractivity contribution in [1.29, 1.82) is 0 Å². The molecule has 136 valence electrons. The molecule has 0 N–H and O–H groups in total. The van der Waals surface area contributed by atoms with Gasteiger partial charge in [-0.3, -0.25) is 0 Å². The summed E-state index contributed by atoms with van der Waals surface area (Å²) in [7, 11) is 1.67. The van der Waals surface area contributed by atoms with Gasteiger partial charge in [-0.1, -0.05) is 41.3 Å². The molecular formula is C20H18N4OS2. The topological polar surface area (TPSA) is 52.8 Å². The molecule has 0 fully saturated rings. The van der Waals surface area contributed by atoms with Crippen LogP contribution in [0.1, 0.15) is 10.6 Å². The zero-order valence-corrected chi connectivity index (χ0v) is 16.6. The summed E-state index contributed by atoms with van der Waals surface area (Å²) in [5, 5.41) is 14.1. The Morgan fingerprint density at radius 3 is 2.48 bits per heavy atom. The number of methoxy groups -OCH3 is 1. The number of rotatable bonds is 6. The Hall–Kier alpha value is -2.64. The first kappa shape index (κ1) is 17.8. The Balaban J connectivity index is 1.69. The van der Waals surface area contributed by atoms with E-state index in [9.17, 15) is 0 Å². The van der Waals surface area contributed by atoms with E-state index in [0.29, 0.717) is 0 Å². The van der Waals surface area contributed by atoms with E-state index in [1.165, 1.54) is 0 Å². The highest BCUT2D eigenvalue weighted by Crippen LogP contribution is 2.31. The summed E-state index contributed by atoms with van der Waals surface area (Å²) in [6.07, 6.45) is 2.09. The van der Waals surface area contributed by atoms with Crippen LogP contribution in [0.2, 0.25) is 0 Å². The minimum Gasteiger partial charge on any atom is -0.497 e. The van der Waals surface area contributed by atoms with E-state index < -0.39 is 0 Å². The Kier molecular flexibility index (Phi) is 5.22. The van der Waals surface area contributed by atoms with Gasteiger partial charge in [0.2, 0.25) is 0 Å². The lowest BCUT2D eigenvalue weighted by molar-refractivity contribution is 0.415. The summed E-state index contributed by atoms with van der Waals surface area (Å²) < 4.78 is 8.18. The number of ether oxygens (including phenoxy) is 1. The molecule has 2 aromatic carbocycles. The van der Waals surface area contributed by atoms with Crippen LogP contribution in [-0.2, 0) is 5.75 Å². The minimum absolute atomic E-state index is 0.781. The van der Waals surface area contributed by atoms with E-state index in [-0.39, 0.29) is 0 Å². The number of hydrogen-bond donors (Lipinski definition) is 0. The van der Waals surface area contributed by atoms with E-state index >= 15 is 0 Å². The Morgan fingerprint density at radius 1 is 1.04 bits per heavy atom. The normalized spacial score (nSPS) is 10.9. The molecular weight excluding hydrogens is 376 g/mol. The average molecular weight is 395 g/mol. The van der Waals surface area contributed by atoms with Gasteiger partial charge in [-0.25, -0.2) is 4.68 Å². The van der Waals surface area contributed by atoms with Crippen LogP contribution in [0.4, 0.5) is 0 Å². The molecule has 0 aliphatic rings. The largest absolute Gasteiger partial charge is 0.497 e. The minimum atomic E-state index is 0.781. The van der Waals surface area contributed by atoms with E-state index in [0.717, 1.165) is 43.4 Å². The smallest absolute Gasteiger partial charge is 0.174 e. The lowest BCUT2D eigenvalue weighted by atomic mass is 10.1. The molecule has 5 nitrogen and oxygen atoms in total. The van der Waals surface area contributed by atoms with Crippen molar-refractivity contribution in [3.05, 3.63) is 71.4 Å². The summed E-state index contributed by atoms with van der Waals surface area (Å²) in [4.78, 5) is 0. The lowest BCUT2D eigenvalue weighted by Crippen LogP contribution is -1.94. The molecule has 0 saturated heterocycles. The van der Waals surface area contributed by atoms with Crippen molar-refractivity contribution < 1.29 is 4.74 Å². The van der Waals surface area contributed by atoms with Gasteiger partial charge in [0.1, 0.15) is 10.8 Å². The molecule has 0 saturated carbocycles. The molecule has 2 heterocycles. The van der Waals surface area contributed by atoms with E-state index in [1.807, 2.05) is 54.1 Å². The summed E-state index contributed by atoms with van der Waals surface area (Å²) in [5.74, 6) is 1.62. The third-order valence-corrected chi connectivity index (χ3v) is 6.05. The molecule has 2 aromatic heterocycles. The Bertz CT molecular complexity index is 1030. The second-order valence-electron chi connectivity index (χ2n) is 5.89. The molecule has 0 spiro atoms. The van der Waals surface area contributed by atoms with Gasteiger partial charge in [0.25, 0.3) is 0 Å². The summed E-state index contributed by atoms with van der Waals surface area (Å²) >= 11 is 3.30. The molecule has 4 aromatic rings. The van der Waals surface area contributed by atoms with E-state index in [2.05, 4.69) is 28.5 Å². The number of benzene rings is 2. The van der Waals surface area contributed by atoms with Crippen molar-refractivity contribution >= 4 is 23.1 Å². The van der Waals surface area contributed by atoms with E-state index in [1.54, 1.807) is 30.2 Å². The van der Waals surface area contributed by atoms with Crippen LogP contribution in [0.15, 0.2) is 65.1 Å². The highest BCUT2D eigenvalue weighted by atomic mass is 32.2. The fourth-order valence-corrected chi connectivity index (χ4v) is 4.48. The summed E-state index contributed by atoms with van der Waals surface area (Å²) in [6.45, 7) is 1.97.